The zero-order chi connectivity index (χ0) is 15.2. The molecule has 1 rings (SSSR count). The van der Waals surface area contributed by atoms with E-state index in [2.05, 4.69) is 11.5 Å². The Morgan fingerprint density at radius 1 is 1.35 bits per heavy atom. The summed E-state index contributed by atoms with van der Waals surface area (Å²) in [6.45, 7) is 13.2. The summed E-state index contributed by atoms with van der Waals surface area (Å²) < 4.78 is 5.40. The van der Waals surface area contributed by atoms with Crippen LogP contribution in [0.5, 0.6) is 0 Å². The van der Waals surface area contributed by atoms with Crippen molar-refractivity contribution >= 4 is 6.09 Å². The van der Waals surface area contributed by atoms with E-state index in [1.54, 1.807) is 11.0 Å². The minimum Gasteiger partial charge on any atom is -0.444 e. The molecule has 116 valence electrons. The van der Waals surface area contributed by atoms with E-state index >= 15 is 0 Å². The van der Waals surface area contributed by atoms with Crippen LogP contribution in [0.2, 0.25) is 0 Å². The van der Waals surface area contributed by atoms with Gasteiger partial charge in [-0.15, -0.1) is 6.58 Å². The summed E-state index contributed by atoms with van der Waals surface area (Å²) in [7, 11) is 0. The molecule has 1 heterocycles. The average molecular weight is 284 g/mol. The molecule has 1 aliphatic rings. The van der Waals surface area contributed by atoms with Crippen LogP contribution in [0.3, 0.4) is 0 Å². The number of rotatable bonds is 4. The van der Waals surface area contributed by atoms with Gasteiger partial charge < -0.3 is 19.6 Å². The summed E-state index contributed by atoms with van der Waals surface area (Å²) in [6, 6.07) is 0. The topological polar surface area (TPSA) is 53.0 Å². The van der Waals surface area contributed by atoms with E-state index in [9.17, 15) is 9.90 Å². The second-order valence-corrected chi connectivity index (χ2v) is 6.25. The molecular weight excluding hydrogens is 256 g/mol. The van der Waals surface area contributed by atoms with Crippen LogP contribution in [0.4, 0.5) is 4.79 Å². The molecule has 5 nitrogen and oxygen atoms in total. The first-order valence-corrected chi connectivity index (χ1v) is 7.33. The number of hydrogen-bond acceptors (Lipinski definition) is 4. The minimum atomic E-state index is -0.447. The molecular formula is C15H28N2O3. The highest BCUT2D eigenvalue weighted by Gasteiger charge is 2.24. The smallest absolute Gasteiger partial charge is 0.410 e. The largest absolute Gasteiger partial charge is 0.444 e. The lowest BCUT2D eigenvalue weighted by Gasteiger charge is -2.26. The fourth-order valence-corrected chi connectivity index (χ4v) is 2.14. The molecule has 0 radical (unpaired) electrons. The Morgan fingerprint density at radius 2 is 2.05 bits per heavy atom. The van der Waals surface area contributed by atoms with Gasteiger partial charge in [0.2, 0.25) is 0 Å². The van der Waals surface area contributed by atoms with Crippen LogP contribution >= 0.6 is 0 Å². The summed E-state index contributed by atoms with van der Waals surface area (Å²) in [5, 5.41) is 9.50. The van der Waals surface area contributed by atoms with Crippen LogP contribution < -0.4 is 0 Å². The van der Waals surface area contributed by atoms with Crippen LogP contribution in [0, 0.1) is 0 Å². The van der Waals surface area contributed by atoms with Gasteiger partial charge in [-0.2, -0.15) is 0 Å². The predicted molar refractivity (Wildman–Crippen MR) is 79.7 cm³/mol. The first-order chi connectivity index (χ1) is 9.31. The van der Waals surface area contributed by atoms with Crippen molar-refractivity contribution in [2.24, 2.45) is 0 Å². The Kier molecular flexibility index (Phi) is 6.49. The molecule has 5 heteroatoms. The zero-order valence-electron chi connectivity index (χ0n) is 13.0. The van der Waals surface area contributed by atoms with Gasteiger partial charge in [0.25, 0.3) is 0 Å². The van der Waals surface area contributed by atoms with E-state index in [0.29, 0.717) is 13.0 Å². The number of hydrogen-bond donors (Lipinski definition) is 1. The molecule has 0 saturated carbocycles. The monoisotopic (exact) mass is 284 g/mol. The number of aliphatic hydroxyl groups is 1. The Balaban J connectivity index is 2.39. The number of amides is 1. The second-order valence-electron chi connectivity index (χ2n) is 6.25. The van der Waals surface area contributed by atoms with Crippen molar-refractivity contribution in [1.82, 2.24) is 9.80 Å². The molecule has 1 N–H and O–H groups in total. The fourth-order valence-electron chi connectivity index (χ4n) is 2.14. The summed E-state index contributed by atoms with van der Waals surface area (Å²) in [5.41, 5.74) is -0.447. The maximum Gasteiger partial charge on any atom is 0.410 e. The molecule has 0 aliphatic carbocycles. The van der Waals surface area contributed by atoms with E-state index in [0.717, 1.165) is 32.6 Å². The molecule has 20 heavy (non-hydrogen) atoms. The van der Waals surface area contributed by atoms with Gasteiger partial charge in [0.05, 0.1) is 6.10 Å². The van der Waals surface area contributed by atoms with Crippen molar-refractivity contribution in [2.45, 2.75) is 45.3 Å². The van der Waals surface area contributed by atoms with Crippen LogP contribution in [0.15, 0.2) is 12.7 Å². The maximum atomic E-state index is 12.0. The molecule has 0 bridgehead atoms. The van der Waals surface area contributed by atoms with E-state index in [1.165, 1.54) is 0 Å². The fraction of sp³-hybridized carbons (Fsp3) is 0.800. The molecule has 1 aliphatic heterocycles. The molecule has 0 aromatic heterocycles. The van der Waals surface area contributed by atoms with Gasteiger partial charge in [-0.25, -0.2) is 4.79 Å². The molecule has 0 spiro atoms. The van der Waals surface area contributed by atoms with Crippen molar-refractivity contribution in [3.8, 4) is 0 Å². The molecule has 0 aromatic rings. The number of aliphatic hydroxyl groups excluding tert-OH is 1. The van der Waals surface area contributed by atoms with Crippen LogP contribution in [0.1, 0.15) is 33.6 Å². The molecule has 0 unspecified atom stereocenters. The van der Waals surface area contributed by atoms with Gasteiger partial charge in [0.1, 0.15) is 5.60 Å². The number of carbonyl (C=O) groups excluding carboxylic acids is 1. The highest BCUT2D eigenvalue weighted by atomic mass is 16.6. The van der Waals surface area contributed by atoms with Crippen molar-refractivity contribution < 1.29 is 14.6 Å². The van der Waals surface area contributed by atoms with Gasteiger partial charge in [-0.3, -0.25) is 0 Å². The normalized spacial score (nSPS) is 19.3. The predicted octanol–water partition coefficient (Wildman–Crippen LogP) is 1.87. The summed E-state index contributed by atoms with van der Waals surface area (Å²) >= 11 is 0. The van der Waals surface area contributed by atoms with Gasteiger partial charge in [0.15, 0.2) is 0 Å². The number of nitrogens with zero attached hydrogens (tertiary/aromatic N) is 2. The third-order valence-electron chi connectivity index (χ3n) is 3.25. The van der Waals surface area contributed by atoms with Crippen molar-refractivity contribution in [3.63, 3.8) is 0 Å². The lowest BCUT2D eigenvalue weighted by atomic mass is 10.2. The van der Waals surface area contributed by atoms with Gasteiger partial charge in [0, 0.05) is 26.2 Å². The Labute approximate surface area is 122 Å². The summed E-state index contributed by atoms with van der Waals surface area (Å²) in [6.07, 6.45) is 2.51. The van der Waals surface area contributed by atoms with Gasteiger partial charge in [-0.1, -0.05) is 6.08 Å². The second kappa shape index (κ2) is 7.64. The van der Waals surface area contributed by atoms with Crippen molar-refractivity contribution in [2.75, 3.05) is 32.7 Å². The lowest BCUT2D eigenvalue weighted by molar-refractivity contribution is 0.0257. The van der Waals surface area contributed by atoms with Crippen LogP contribution in [-0.2, 0) is 4.74 Å². The van der Waals surface area contributed by atoms with Crippen molar-refractivity contribution in [3.05, 3.63) is 12.7 Å². The van der Waals surface area contributed by atoms with E-state index in [-0.39, 0.29) is 6.09 Å². The average Bonchev–Trinajstić information content (AvgIpc) is 2.59. The van der Waals surface area contributed by atoms with Crippen molar-refractivity contribution in [1.29, 1.82) is 0 Å². The van der Waals surface area contributed by atoms with E-state index in [4.69, 9.17) is 4.74 Å². The third-order valence-corrected chi connectivity index (χ3v) is 3.25. The number of carbonyl (C=O) groups is 1. The standard InChI is InChI=1S/C15H28N2O3/c1-5-13(18)7-10-16-8-6-9-17(12-11-16)14(19)20-15(2,3)4/h5,13,18H,1,6-12H2,2-4H3/t13-/m1/s1. The van der Waals surface area contributed by atoms with Crippen LogP contribution in [0.25, 0.3) is 0 Å². The molecule has 0 aromatic carbocycles. The number of ether oxygens (including phenoxy) is 1. The lowest BCUT2D eigenvalue weighted by Crippen LogP contribution is -2.39. The highest BCUT2D eigenvalue weighted by molar-refractivity contribution is 5.68. The molecule has 1 saturated heterocycles. The maximum absolute atomic E-state index is 12.0. The minimum absolute atomic E-state index is 0.231. The summed E-state index contributed by atoms with van der Waals surface area (Å²) in [4.78, 5) is 16.1. The SMILES string of the molecule is C=C[C@@H](O)CCN1CCCN(C(=O)OC(C)(C)C)CC1. The van der Waals surface area contributed by atoms with Gasteiger partial charge in [-0.05, 0) is 40.2 Å². The van der Waals surface area contributed by atoms with E-state index < -0.39 is 11.7 Å². The molecule has 1 amide bonds. The molecule has 1 atom stereocenters. The Hall–Kier alpha value is -1.07. The highest BCUT2D eigenvalue weighted by Crippen LogP contribution is 2.12. The molecule has 1 fully saturated rings. The zero-order valence-corrected chi connectivity index (χ0v) is 13.0. The Bertz CT molecular complexity index is 326. The van der Waals surface area contributed by atoms with Crippen LogP contribution in [-0.4, -0.2) is 65.4 Å². The third kappa shape index (κ3) is 6.39. The quantitative estimate of drug-likeness (QED) is 0.801. The first kappa shape index (κ1) is 17.0. The first-order valence-electron chi connectivity index (χ1n) is 7.33. The Morgan fingerprint density at radius 3 is 2.65 bits per heavy atom. The van der Waals surface area contributed by atoms with Gasteiger partial charge >= 0.3 is 6.09 Å². The summed E-state index contributed by atoms with van der Waals surface area (Å²) in [5.74, 6) is 0. The van der Waals surface area contributed by atoms with E-state index in [1.807, 2.05) is 20.8 Å².